The summed E-state index contributed by atoms with van der Waals surface area (Å²) in [7, 11) is 6.57. The Morgan fingerprint density at radius 2 is 1.93 bits per heavy atom. The third kappa shape index (κ3) is 4.17. The Morgan fingerprint density at radius 1 is 1.10 bits per heavy atom. The fourth-order valence-electron chi connectivity index (χ4n) is 5.25. The van der Waals surface area contributed by atoms with Gasteiger partial charge in [0, 0.05) is 45.6 Å². The molecule has 40 heavy (non-hydrogen) atoms. The molecule has 10 nitrogen and oxygen atoms in total. The molecule has 1 amide bonds. The molecule has 0 saturated carbocycles. The molecule has 1 atom stereocenters. The van der Waals surface area contributed by atoms with Gasteiger partial charge < -0.3 is 19.0 Å². The van der Waals surface area contributed by atoms with E-state index in [0.29, 0.717) is 35.6 Å². The highest BCUT2D eigenvalue weighted by molar-refractivity contribution is 5.94. The average molecular weight is 537 g/mol. The minimum absolute atomic E-state index is 0.0482. The van der Waals surface area contributed by atoms with Gasteiger partial charge in [0.15, 0.2) is 11.3 Å². The number of carbonyl (C=O) groups excluding carboxylic acids is 1. The monoisotopic (exact) mass is 536 g/mol. The molecule has 5 aromatic rings. The molecule has 6 rings (SSSR count). The maximum atomic E-state index is 13.6. The van der Waals surface area contributed by atoms with E-state index in [1.165, 1.54) is 11.7 Å². The van der Waals surface area contributed by atoms with Crippen LogP contribution in [0, 0.1) is 0 Å². The summed E-state index contributed by atoms with van der Waals surface area (Å²) in [4.78, 5) is 44.0. The van der Waals surface area contributed by atoms with Gasteiger partial charge in [-0.2, -0.15) is 0 Å². The zero-order chi connectivity index (χ0) is 28.0. The number of hydrogen-bond acceptors (Lipinski definition) is 8. The van der Waals surface area contributed by atoms with E-state index in [9.17, 15) is 9.59 Å². The van der Waals surface area contributed by atoms with Gasteiger partial charge >= 0.3 is 0 Å². The molecule has 0 saturated heterocycles. The van der Waals surface area contributed by atoms with E-state index in [2.05, 4.69) is 14.9 Å². The molecule has 0 fully saturated rings. The molecule has 0 radical (unpaired) electrons. The molecular formula is C30H28N6O4. The first kappa shape index (κ1) is 25.3. The van der Waals surface area contributed by atoms with Gasteiger partial charge in [0.25, 0.3) is 17.4 Å². The lowest BCUT2D eigenvalue weighted by Gasteiger charge is -2.39. The van der Waals surface area contributed by atoms with E-state index in [-0.39, 0.29) is 34.8 Å². The smallest absolute Gasteiger partial charge is 0.297 e. The summed E-state index contributed by atoms with van der Waals surface area (Å²) in [5.74, 6) is 0.586. The first-order chi connectivity index (χ1) is 19.4. The number of anilines is 1. The number of oxazole rings is 1. The van der Waals surface area contributed by atoms with E-state index in [1.807, 2.05) is 54.6 Å². The largest absolute Gasteiger partial charge is 0.489 e. The summed E-state index contributed by atoms with van der Waals surface area (Å²) in [6, 6.07) is 16.7. The van der Waals surface area contributed by atoms with Crippen molar-refractivity contribution >= 4 is 23.0 Å². The van der Waals surface area contributed by atoms with E-state index < -0.39 is 0 Å². The number of aromatic nitrogens is 4. The van der Waals surface area contributed by atoms with Crippen LogP contribution in [0.2, 0.25) is 0 Å². The summed E-state index contributed by atoms with van der Waals surface area (Å²) in [5.41, 5.74) is 4.68. The minimum atomic E-state index is -0.364. The lowest BCUT2D eigenvalue weighted by atomic mass is 9.87. The van der Waals surface area contributed by atoms with Crippen LogP contribution < -0.4 is 15.2 Å². The molecule has 0 spiro atoms. The Balaban J connectivity index is 1.56. The van der Waals surface area contributed by atoms with Crippen molar-refractivity contribution in [3.05, 3.63) is 99.6 Å². The van der Waals surface area contributed by atoms with Crippen molar-refractivity contribution in [2.24, 2.45) is 7.05 Å². The molecule has 2 aromatic carbocycles. The third-order valence-electron chi connectivity index (χ3n) is 7.21. The first-order valence-corrected chi connectivity index (χ1v) is 12.9. The van der Waals surface area contributed by atoms with Gasteiger partial charge in [-0.3, -0.25) is 19.1 Å². The molecule has 1 unspecified atom stereocenters. The Kier molecular flexibility index (Phi) is 6.30. The van der Waals surface area contributed by atoms with E-state index in [4.69, 9.17) is 14.1 Å². The zero-order valence-electron chi connectivity index (χ0n) is 22.7. The van der Waals surface area contributed by atoms with Crippen LogP contribution >= 0.6 is 0 Å². The summed E-state index contributed by atoms with van der Waals surface area (Å²) in [6.45, 7) is 0.577. The molecular weight excluding hydrogens is 508 g/mol. The van der Waals surface area contributed by atoms with Crippen molar-refractivity contribution in [3.63, 3.8) is 0 Å². The highest BCUT2D eigenvalue weighted by Crippen LogP contribution is 2.39. The van der Waals surface area contributed by atoms with Crippen LogP contribution in [0.15, 0.2) is 76.2 Å². The van der Waals surface area contributed by atoms with Crippen molar-refractivity contribution in [1.82, 2.24) is 24.4 Å². The number of fused-ring (bicyclic) bond motifs is 2. The van der Waals surface area contributed by atoms with Crippen LogP contribution in [0.25, 0.3) is 22.7 Å². The number of pyridine rings is 1. The number of methoxy groups -OCH3 is 1. The highest BCUT2D eigenvalue weighted by atomic mass is 16.5. The number of hydrogen-bond donors (Lipinski definition) is 0. The molecule has 0 bridgehead atoms. The number of para-hydroxylation sites is 2. The summed E-state index contributed by atoms with van der Waals surface area (Å²) >= 11 is 0. The predicted molar refractivity (Wildman–Crippen MR) is 151 cm³/mol. The fraction of sp³-hybridized carbons (Fsp3) is 0.233. The number of amides is 1. The standard InChI is InChI=1S/C30H28N6O4/c1-34(2)28(37)19-12-11-18-13-15-36(25(21(18)16-19)20-8-7-14-31-17-20)30-33-24(26(39-4)29(38)35(30)3)27-32-22-9-5-6-10-23(22)40-27/h5-12,14,16-17,25H,13,15H2,1-4H3. The van der Waals surface area contributed by atoms with E-state index in [1.54, 1.807) is 38.4 Å². The van der Waals surface area contributed by atoms with Crippen LogP contribution in [0.3, 0.4) is 0 Å². The number of ether oxygens (including phenoxy) is 1. The fourth-order valence-corrected chi connectivity index (χ4v) is 5.25. The van der Waals surface area contributed by atoms with Crippen molar-refractivity contribution in [2.45, 2.75) is 12.5 Å². The molecule has 10 heteroatoms. The van der Waals surface area contributed by atoms with Crippen molar-refractivity contribution in [2.75, 3.05) is 32.6 Å². The normalized spacial score (nSPS) is 14.7. The van der Waals surface area contributed by atoms with Crippen LogP contribution in [-0.4, -0.2) is 58.1 Å². The molecule has 202 valence electrons. The molecule has 4 heterocycles. The maximum absolute atomic E-state index is 13.6. The number of nitrogens with zero attached hydrogens (tertiary/aromatic N) is 6. The second kappa shape index (κ2) is 9.96. The number of carbonyl (C=O) groups is 1. The first-order valence-electron chi connectivity index (χ1n) is 12.9. The average Bonchev–Trinajstić information content (AvgIpc) is 3.42. The van der Waals surface area contributed by atoms with E-state index in [0.717, 1.165) is 16.7 Å². The highest BCUT2D eigenvalue weighted by Gasteiger charge is 2.34. The second-order valence-corrected chi connectivity index (χ2v) is 9.89. The van der Waals surface area contributed by atoms with Crippen molar-refractivity contribution in [1.29, 1.82) is 0 Å². The SMILES string of the molecule is COc1c(-c2nc3ccccc3o2)nc(N2CCc3ccc(C(=O)N(C)C)cc3C2c2cccnc2)n(C)c1=O. The lowest BCUT2D eigenvalue weighted by molar-refractivity contribution is 0.0827. The second-order valence-electron chi connectivity index (χ2n) is 9.89. The number of rotatable bonds is 5. The summed E-state index contributed by atoms with van der Waals surface area (Å²) < 4.78 is 13.0. The van der Waals surface area contributed by atoms with Gasteiger partial charge in [-0.1, -0.05) is 24.3 Å². The zero-order valence-corrected chi connectivity index (χ0v) is 22.7. The molecule has 0 aliphatic carbocycles. The third-order valence-corrected chi connectivity index (χ3v) is 7.21. The Morgan fingerprint density at radius 3 is 2.65 bits per heavy atom. The molecule has 3 aromatic heterocycles. The van der Waals surface area contributed by atoms with Crippen LogP contribution in [-0.2, 0) is 13.5 Å². The quantitative estimate of drug-likeness (QED) is 0.334. The van der Waals surface area contributed by atoms with Gasteiger partial charge in [0.05, 0.1) is 13.2 Å². The van der Waals surface area contributed by atoms with Crippen LogP contribution in [0.5, 0.6) is 5.75 Å². The molecule has 1 aliphatic rings. The van der Waals surface area contributed by atoms with Crippen molar-refractivity contribution in [3.8, 4) is 17.3 Å². The molecule has 1 aliphatic heterocycles. The van der Waals surface area contributed by atoms with Gasteiger partial charge in [-0.15, -0.1) is 0 Å². The summed E-state index contributed by atoms with van der Waals surface area (Å²) in [6.07, 6.45) is 4.22. The minimum Gasteiger partial charge on any atom is -0.489 e. The van der Waals surface area contributed by atoms with Crippen LogP contribution in [0.4, 0.5) is 5.95 Å². The molecule has 0 N–H and O–H groups in total. The Bertz CT molecular complexity index is 1760. The van der Waals surface area contributed by atoms with Crippen LogP contribution in [0.1, 0.15) is 33.1 Å². The van der Waals surface area contributed by atoms with E-state index >= 15 is 0 Å². The van der Waals surface area contributed by atoms with Gasteiger partial charge in [-0.25, -0.2) is 9.97 Å². The topological polar surface area (TPSA) is 107 Å². The van der Waals surface area contributed by atoms with Gasteiger partial charge in [0.2, 0.25) is 11.7 Å². The van der Waals surface area contributed by atoms with Gasteiger partial charge in [0.1, 0.15) is 5.52 Å². The predicted octanol–water partition coefficient (Wildman–Crippen LogP) is 3.85. The summed E-state index contributed by atoms with van der Waals surface area (Å²) in [5, 5.41) is 0. The van der Waals surface area contributed by atoms with Gasteiger partial charge in [-0.05, 0) is 53.4 Å². The number of benzene rings is 2. The Labute approximate surface area is 230 Å². The maximum Gasteiger partial charge on any atom is 0.297 e. The Hall–Kier alpha value is -4.99. The lowest BCUT2D eigenvalue weighted by Crippen LogP contribution is -2.40. The van der Waals surface area contributed by atoms with Crippen molar-refractivity contribution < 1.29 is 13.9 Å².